The molecule has 1 aromatic heterocycles. The molecule has 2 N–H and O–H groups in total. The highest BCUT2D eigenvalue weighted by Gasteiger charge is 2.28. The zero-order chi connectivity index (χ0) is 31.5. The largest absolute Gasteiger partial charge is 0.439 e. The molecule has 13 heteroatoms. The molecule has 0 saturated carbocycles. The molecule has 0 atom stereocenters. The molecule has 3 aromatic carbocycles. The number of ether oxygens (including phenoxy) is 1. The lowest BCUT2D eigenvalue weighted by atomic mass is 10.0. The van der Waals surface area contributed by atoms with Crippen LogP contribution in [0.2, 0.25) is 0 Å². The van der Waals surface area contributed by atoms with E-state index in [1.807, 2.05) is 96.8 Å². The number of rotatable bonds is 12. The number of fused-ring (bicyclic) bond motifs is 2. The Balaban J connectivity index is 1.53. The van der Waals surface area contributed by atoms with Gasteiger partial charge in [-0.15, -0.1) is 0 Å². The summed E-state index contributed by atoms with van der Waals surface area (Å²) in [7, 11) is -8.62. The third kappa shape index (κ3) is 7.79. The topological polar surface area (TPSA) is 142 Å². The van der Waals surface area contributed by atoms with Crippen LogP contribution >= 0.6 is 11.3 Å². The fourth-order valence-corrected chi connectivity index (χ4v) is 7.10. The van der Waals surface area contributed by atoms with Crippen molar-refractivity contribution in [3.05, 3.63) is 95.3 Å². The Labute approximate surface area is 260 Å². The van der Waals surface area contributed by atoms with Gasteiger partial charge in [0.15, 0.2) is 5.75 Å². The number of ketones is 1. The number of allylic oxidation sites excluding steroid dienone is 2. The van der Waals surface area contributed by atoms with Crippen LogP contribution < -0.4 is 14.2 Å². The second-order valence-electron chi connectivity index (χ2n) is 10.3. The number of aromatic nitrogens is 1. The van der Waals surface area contributed by atoms with Crippen molar-refractivity contribution in [1.29, 1.82) is 0 Å². The molecule has 4 aromatic rings. The van der Waals surface area contributed by atoms with Crippen LogP contribution in [0, 0.1) is 0 Å². The van der Waals surface area contributed by atoms with E-state index < -0.39 is 37.5 Å². The average Bonchev–Trinajstić information content (AvgIpc) is 3.48. The normalized spacial score (nSPS) is 14.7. The van der Waals surface area contributed by atoms with Crippen LogP contribution in [-0.4, -0.2) is 49.8 Å². The molecule has 0 spiro atoms. The van der Waals surface area contributed by atoms with Gasteiger partial charge in [-0.2, -0.15) is 21.4 Å². The number of carbonyl (C=O) groups excluding carboxylic acids is 1. The highest BCUT2D eigenvalue weighted by atomic mass is 32.2. The SMILES string of the molecule is CCC(=Cc1sc2ccccc2[n+]1CC(=O)CS(=O)(=O)O)C=C1Oc2ccc(-c3ccccc3)cc2N1CCCS(=O)(=O)O. The Morgan fingerprint density at radius 3 is 2.39 bits per heavy atom. The van der Waals surface area contributed by atoms with Gasteiger partial charge in [-0.05, 0) is 47.7 Å². The Bertz CT molecular complexity index is 1980. The number of nitrogens with zero attached hydrogens (tertiary/aromatic N) is 2. The number of benzene rings is 3. The molecular formula is C31H31N2O8S3+. The second kappa shape index (κ2) is 13.0. The number of carbonyl (C=O) groups is 1. The van der Waals surface area contributed by atoms with Crippen molar-refractivity contribution in [1.82, 2.24) is 0 Å². The van der Waals surface area contributed by atoms with Crippen LogP contribution in [0.25, 0.3) is 27.4 Å². The van der Waals surface area contributed by atoms with E-state index >= 15 is 0 Å². The van der Waals surface area contributed by atoms with Crippen molar-refractivity contribution in [2.24, 2.45) is 0 Å². The van der Waals surface area contributed by atoms with Crippen LogP contribution in [0.15, 0.2) is 90.3 Å². The highest BCUT2D eigenvalue weighted by molar-refractivity contribution is 7.86. The lowest BCUT2D eigenvalue weighted by Gasteiger charge is -2.19. The zero-order valence-electron chi connectivity index (χ0n) is 23.8. The van der Waals surface area contributed by atoms with Crippen LogP contribution in [0.4, 0.5) is 5.69 Å². The van der Waals surface area contributed by atoms with Gasteiger partial charge in [0.2, 0.25) is 23.7 Å². The minimum Gasteiger partial charge on any atom is -0.439 e. The first-order chi connectivity index (χ1) is 20.9. The van der Waals surface area contributed by atoms with E-state index in [2.05, 4.69) is 0 Å². The van der Waals surface area contributed by atoms with Crippen molar-refractivity contribution in [3.8, 4) is 16.9 Å². The Hall–Kier alpha value is -3.88. The van der Waals surface area contributed by atoms with Gasteiger partial charge in [-0.3, -0.25) is 13.9 Å². The van der Waals surface area contributed by atoms with Gasteiger partial charge in [0.05, 0.1) is 11.4 Å². The summed E-state index contributed by atoms with van der Waals surface area (Å²) < 4.78 is 73.0. The molecule has 0 fully saturated rings. The summed E-state index contributed by atoms with van der Waals surface area (Å²) in [5.74, 6) is -0.954. The second-order valence-corrected chi connectivity index (χ2v) is 14.3. The van der Waals surface area contributed by atoms with Crippen molar-refractivity contribution in [3.63, 3.8) is 0 Å². The van der Waals surface area contributed by atoms with E-state index in [4.69, 9.17) is 4.74 Å². The Kier molecular flexibility index (Phi) is 9.32. The smallest absolute Gasteiger partial charge is 0.272 e. The fraction of sp³-hybridized carbons (Fsp3) is 0.226. The first kappa shape index (κ1) is 31.5. The summed E-state index contributed by atoms with van der Waals surface area (Å²) in [6.07, 6.45) is 4.48. The molecular weight excluding hydrogens is 625 g/mol. The van der Waals surface area contributed by atoms with E-state index in [1.54, 1.807) is 4.57 Å². The number of Topliss-reactive ketones (excluding diaryl/α,β-unsaturated/α-hetero) is 1. The maximum atomic E-state index is 12.6. The van der Waals surface area contributed by atoms with E-state index in [-0.39, 0.29) is 19.5 Å². The molecule has 5 rings (SSSR count). The van der Waals surface area contributed by atoms with Gasteiger partial charge in [0, 0.05) is 24.8 Å². The van der Waals surface area contributed by atoms with E-state index in [0.717, 1.165) is 32.6 Å². The molecule has 1 aliphatic heterocycles. The first-order valence-electron chi connectivity index (χ1n) is 13.8. The molecule has 0 saturated heterocycles. The van der Waals surface area contributed by atoms with Gasteiger partial charge in [-0.1, -0.05) is 66.8 Å². The average molecular weight is 656 g/mol. The highest BCUT2D eigenvalue weighted by Crippen LogP contribution is 2.42. The van der Waals surface area contributed by atoms with Gasteiger partial charge >= 0.3 is 0 Å². The third-order valence-corrected chi connectivity index (χ3v) is 9.57. The maximum Gasteiger partial charge on any atom is 0.272 e. The standard InChI is InChI=1S/C31H30N2O8S3/c1-2-22(18-31-33(20-25(34)21-44(38,39)40)26-11-6-7-12-29(26)42-31)17-30-32(15-8-16-43(35,36)37)27-19-24(13-14-28(27)41-30)23-9-4-3-5-10-23/h3-7,9-14,17-19H,2,8,15-16,20-21H2,1H3,(H-,35,36,37,38,39,40)/p+1. The monoisotopic (exact) mass is 655 g/mol. The van der Waals surface area contributed by atoms with Gasteiger partial charge < -0.3 is 9.64 Å². The molecule has 10 nitrogen and oxygen atoms in total. The quantitative estimate of drug-likeness (QED) is 0.157. The summed E-state index contributed by atoms with van der Waals surface area (Å²) in [6.45, 7) is 1.98. The predicted octanol–water partition coefficient (Wildman–Crippen LogP) is 5.12. The van der Waals surface area contributed by atoms with Crippen molar-refractivity contribution >= 4 is 59.3 Å². The summed E-state index contributed by atoms with van der Waals surface area (Å²) in [6, 6.07) is 23.1. The molecule has 0 bridgehead atoms. The molecule has 2 heterocycles. The maximum absolute atomic E-state index is 12.6. The molecule has 0 unspecified atom stereocenters. The van der Waals surface area contributed by atoms with E-state index in [0.29, 0.717) is 23.1 Å². The fourth-order valence-electron chi connectivity index (χ4n) is 4.97. The number of hydrogen-bond acceptors (Lipinski definition) is 8. The molecule has 0 radical (unpaired) electrons. The first-order valence-corrected chi connectivity index (χ1v) is 17.8. The van der Waals surface area contributed by atoms with E-state index in [9.17, 15) is 30.7 Å². The lowest BCUT2D eigenvalue weighted by Crippen LogP contribution is -2.41. The summed E-state index contributed by atoms with van der Waals surface area (Å²) >= 11 is 1.43. The Morgan fingerprint density at radius 1 is 0.955 bits per heavy atom. The number of anilines is 1. The third-order valence-electron chi connectivity index (χ3n) is 6.96. The summed E-state index contributed by atoms with van der Waals surface area (Å²) in [5, 5.41) is 0.698. The van der Waals surface area contributed by atoms with Crippen molar-refractivity contribution < 1.29 is 40.0 Å². The lowest BCUT2D eigenvalue weighted by molar-refractivity contribution is -0.655. The predicted molar refractivity (Wildman–Crippen MR) is 171 cm³/mol. The minimum absolute atomic E-state index is 0.159. The van der Waals surface area contributed by atoms with Crippen molar-refractivity contribution in [2.75, 3.05) is 23.0 Å². The van der Waals surface area contributed by atoms with Crippen LogP contribution in [0.3, 0.4) is 0 Å². The Morgan fingerprint density at radius 2 is 1.68 bits per heavy atom. The van der Waals surface area contributed by atoms with Gasteiger partial charge in [-0.25, -0.2) is 0 Å². The van der Waals surface area contributed by atoms with Crippen LogP contribution in [0.1, 0.15) is 24.8 Å². The molecule has 1 aliphatic rings. The molecule has 230 valence electrons. The molecule has 0 aliphatic carbocycles. The van der Waals surface area contributed by atoms with E-state index in [1.165, 1.54) is 11.3 Å². The van der Waals surface area contributed by atoms with Gasteiger partial charge in [0.25, 0.3) is 25.2 Å². The number of para-hydroxylation sites is 1. The van der Waals surface area contributed by atoms with Crippen molar-refractivity contribution in [2.45, 2.75) is 26.3 Å². The number of hydrogen-bond donors (Lipinski definition) is 2. The molecule has 44 heavy (non-hydrogen) atoms. The number of thiazole rings is 1. The minimum atomic E-state index is -4.47. The van der Waals surface area contributed by atoms with Gasteiger partial charge in [0.1, 0.15) is 10.5 Å². The summed E-state index contributed by atoms with van der Waals surface area (Å²) in [4.78, 5) is 14.4. The zero-order valence-corrected chi connectivity index (χ0v) is 26.2. The van der Waals surface area contributed by atoms with Crippen LogP contribution in [-0.2, 0) is 31.6 Å². The molecule has 0 amide bonds. The summed E-state index contributed by atoms with van der Waals surface area (Å²) in [5.41, 5.74) is 4.31. The van der Waals surface area contributed by atoms with Crippen LogP contribution in [0.5, 0.6) is 5.75 Å².